The number of ether oxygens (including phenoxy) is 3. The minimum Gasteiger partial charge on any atom is -0.468 e. The van der Waals surface area contributed by atoms with E-state index in [4.69, 9.17) is 25.8 Å². The van der Waals surface area contributed by atoms with Crippen LogP contribution in [0.2, 0.25) is 5.02 Å². The zero-order valence-electron chi connectivity index (χ0n) is 24.8. The van der Waals surface area contributed by atoms with E-state index in [-0.39, 0.29) is 11.1 Å². The third-order valence-corrected chi connectivity index (χ3v) is 7.54. The number of halogens is 1. The molecule has 1 aliphatic heterocycles. The van der Waals surface area contributed by atoms with Crippen molar-refractivity contribution in [3.8, 4) is 22.9 Å². The maximum Gasteiger partial charge on any atom is 0.338 e. The Hall–Kier alpha value is -5.47. The van der Waals surface area contributed by atoms with Crippen LogP contribution in [-0.4, -0.2) is 42.4 Å². The summed E-state index contributed by atoms with van der Waals surface area (Å²) in [5, 5.41) is 11.9. The van der Waals surface area contributed by atoms with Gasteiger partial charge in [-0.25, -0.2) is 4.79 Å². The van der Waals surface area contributed by atoms with Crippen molar-refractivity contribution < 1.29 is 28.6 Å². The van der Waals surface area contributed by atoms with Gasteiger partial charge in [0.1, 0.15) is 23.3 Å². The fourth-order valence-electron chi connectivity index (χ4n) is 5.08. The summed E-state index contributed by atoms with van der Waals surface area (Å²) in [5.74, 6) is -2.80. The first-order valence-corrected chi connectivity index (χ1v) is 14.0. The normalized spacial score (nSPS) is 16.8. The summed E-state index contributed by atoms with van der Waals surface area (Å²) in [4.78, 5) is 56.8. The Kier molecular flexibility index (Phi) is 10.3. The number of nitriles is 1. The molecule has 12 heteroatoms. The second-order valence-corrected chi connectivity index (χ2v) is 10.4. The quantitative estimate of drug-likeness (QED) is 0.141. The third-order valence-electron chi connectivity index (χ3n) is 7.19. The van der Waals surface area contributed by atoms with Crippen LogP contribution in [0.25, 0.3) is 11.1 Å². The number of hydrogen-bond donors (Lipinski definition) is 2. The summed E-state index contributed by atoms with van der Waals surface area (Å²) >= 11 is 6.51. The molecule has 1 aromatic heterocycles. The number of methoxy groups -OCH3 is 1. The van der Waals surface area contributed by atoms with Crippen LogP contribution in [0.15, 0.2) is 88.0 Å². The van der Waals surface area contributed by atoms with Gasteiger partial charge in [0.15, 0.2) is 6.23 Å². The molecule has 4 rings (SSSR count). The summed E-state index contributed by atoms with van der Waals surface area (Å²) in [5.41, 5.74) is 2.96. The number of amides is 1. The third kappa shape index (κ3) is 7.20. The number of benzene rings is 2. The van der Waals surface area contributed by atoms with Crippen LogP contribution in [0.1, 0.15) is 36.6 Å². The number of hydrogen-bond acceptors (Lipinski definition) is 9. The lowest BCUT2D eigenvalue weighted by atomic mass is 9.75. The fourth-order valence-corrected chi connectivity index (χ4v) is 5.33. The van der Waals surface area contributed by atoms with Crippen molar-refractivity contribution in [1.29, 1.82) is 5.26 Å². The van der Waals surface area contributed by atoms with Crippen LogP contribution in [0, 0.1) is 24.2 Å². The Morgan fingerprint density at radius 1 is 1.13 bits per heavy atom. The van der Waals surface area contributed by atoms with Crippen molar-refractivity contribution in [2.24, 2.45) is 10.9 Å². The van der Waals surface area contributed by atoms with Gasteiger partial charge < -0.3 is 24.5 Å². The highest BCUT2D eigenvalue weighted by molar-refractivity contribution is 6.31. The molecule has 0 saturated heterocycles. The number of pyridine rings is 1. The van der Waals surface area contributed by atoms with E-state index in [0.29, 0.717) is 45.4 Å². The van der Waals surface area contributed by atoms with E-state index < -0.39 is 35.6 Å². The van der Waals surface area contributed by atoms with Gasteiger partial charge in [0.05, 0.1) is 18.9 Å². The molecule has 0 aliphatic carbocycles. The van der Waals surface area contributed by atoms with Crippen LogP contribution in [0.4, 0.5) is 0 Å². The predicted octanol–water partition coefficient (Wildman–Crippen LogP) is 4.70. The van der Waals surface area contributed by atoms with E-state index in [1.165, 1.54) is 25.5 Å². The Morgan fingerprint density at radius 3 is 2.49 bits per heavy atom. The number of aromatic amines is 1. The molecule has 45 heavy (non-hydrogen) atoms. The monoisotopic (exact) mass is 628 g/mol. The molecule has 2 N–H and O–H groups in total. The average molecular weight is 629 g/mol. The Bertz CT molecular complexity index is 1820. The summed E-state index contributed by atoms with van der Waals surface area (Å²) in [6.07, 6.45) is 1.70. The molecule has 1 amide bonds. The minimum absolute atomic E-state index is 0.00209. The van der Waals surface area contributed by atoms with Gasteiger partial charge in [-0.2, -0.15) is 5.26 Å². The molecule has 2 aromatic carbocycles. The number of carbonyl (C=O) groups excluding carboxylic acids is 3. The average Bonchev–Trinajstić information content (AvgIpc) is 3.01. The Balaban J connectivity index is 1.55. The first kappa shape index (κ1) is 32.4. The van der Waals surface area contributed by atoms with Gasteiger partial charge in [-0.1, -0.05) is 41.9 Å². The fraction of sp³-hybridized carbons (Fsp3) is 0.212. The highest BCUT2D eigenvalue weighted by Crippen LogP contribution is 2.42. The van der Waals surface area contributed by atoms with E-state index in [1.54, 1.807) is 69.3 Å². The SMILES string of the molecule is COC(=O)C1C(C)=NC(C)=C(C(=O)OC(C=COc2ccc(-c3cc(C#N)c(=O)[nH]c3C)cc2)NC=O)C1c1ccccc1Cl. The molecule has 0 bridgehead atoms. The number of aromatic nitrogens is 1. The van der Waals surface area contributed by atoms with Crippen molar-refractivity contribution in [3.05, 3.63) is 110 Å². The minimum atomic E-state index is -1.24. The number of aryl methyl sites for hydroxylation is 1. The molecule has 11 nitrogen and oxygen atoms in total. The van der Waals surface area contributed by atoms with Crippen molar-refractivity contribution in [2.75, 3.05) is 7.11 Å². The number of aliphatic imine (C=N–C) groups is 1. The molecule has 0 fully saturated rings. The van der Waals surface area contributed by atoms with Gasteiger partial charge in [0, 0.05) is 39.7 Å². The summed E-state index contributed by atoms with van der Waals surface area (Å²) in [6.45, 7) is 5.03. The van der Waals surface area contributed by atoms with Gasteiger partial charge in [-0.3, -0.25) is 19.4 Å². The molecule has 1 aliphatic rings. The highest BCUT2D eigenvalue weighted by atomic mass is 35.5. The van der Waals surface area contributed by atoms with Gasteiger partial charge >= 0.3 is 11.9 Å². The van der Waals surface area contributed by atoms with E-state index in [0.717, 1.165) is 5.56 Å². The lowest BCUT2D eigenvalue weighted by Gasteiger charge is -2.32. The molecule has 0 radical (unpaired) electrons. The predicted molar refractivity (Wildman–Crippen MR) is 166 cm³/mol. The molecule has 230 valence electrons. The second-order valence-electron chi connectivity index (χ2n) is 10.00. The summed E-state index contributed by atoms with van der Waals surface area (Å²) in [7, 11) is 1.25. The number of nitrogens with one attached hydrogen (secondary N) is 2. The Labute approximate surface area is 263 Å². The smallest absolute Gasteiger partial charge is 0.338 e. The first-order valence-electron chi connectivity index (χ1n) is 13.7. The van der Waals surface area contributed by atoms with E-state index in [9.17, 15) is 24.4 Å². The molecular formula is C33H29ClN4O7. The molecule has 3 unspecified atom stereocenters. The number of rotatable bonds is 10. The number of allylic oxidation sites excluding steroid dienone is 1. The Morgan fingerprint density at radius 2 is 1.84 bits per heavy atom. The van der Waals surface area contributed by atoms with Crippen LogP contribution >= 0.6 is 11.6 Å². The standard InChI is InChI=1S/C33H29ClN4O7/c1-18-25(15-22(16-35)31(40)38-18)21-9-11-23(12-10-21)44-14-13-27(36-17-39)45-33(42)29-20(3)37-19(2)28(32(41)43-4)30(29)24-7-5-6-8-26(24)34/h5-15,17,27-28,30H,1-4H3,(H,36,39)(H,38,40). The van der Waals surface area contributed by atoms with E-state index >= 15 is 0 Å². The highest BCUT2D eigenvalue weighted by Gasteiger charge is 2.43. The van der Waals surface area contributed by atoms with Gasteiger partial charge in [-0.05, 0) is 56.2 Å². The maximum absolute atomic E-state index is 13.6. The molecular weight excluding hydrogens is 600 g/mol. The van der Waals surface area contributed by atoms with Crippen molar-refractivity contribution in [3.63, 3.8) is 0 Å². The molecule has 2 heterocycles. The van der Waals surface area contributed by atoms with Gasteiger partial charge in [-0.15, -0.1) is 0 Å². The largest absolute Gasteiger partial charge is 0.468 e. The van der Waals surface area contributed by atoms with Gasteiger partial charge in [0.25, 0.3) is 5.56 Å². The number of H-pyrrole nitrogens is 1. The number of nitrogens with zero attached hydrogens (tertiary/aromatic N) is 2. The van der Waals surface area contributed by atoms with Crippen LogP contribution < -0.4 is 15.6 Å². The number of esters is 2. The van der Waals surface area contributed by atoms with Crippen LogP contribution in [0.5, 0.6) is 5.75 Å². The van der Waals surface area contributed by atoms with Gasteiger partial charge in [0.2, 0.25) is 6.41 Å². The molecule has 3 aromatic rings. The first-order chi connectivity index (χ1) is 21.6. The maximum atomic E-state index is 13.6. The zero-order valence-corrected chi connectivity index (χ0v) is 25.5. The van der Waals surface area contributed by atoms with Crippen LogP contribution in [-0.2, 0) is 23.9 Å². The molecule has 3 atom stereocenters. The van der Waals surface area contributed by atoms with Crippen LogP contribution in [0.3, 0.4) is 0 Å². The number of carbonyl (C=O) groups is 3. The lowest BCUT2D eigenvalue weighted by molar-refractivity contribution is -0.145. The zero-order chi connectivity index (χ0) is 32.7. The summed E-state index contributed by atoms with van der Waals surface area (Å²) < 4.78 is 16.3. The van der Waals surface area contributed by atoms with E-state index in [1.807, 2.05) is 6.07 Å². The second kappa shape index (κ2) is 14.3. The lowest BCUT2D eigenvalue weighted by Crippen LogP contribution is -2.38. The molecule has 0 spiro atoms. The topological polar surface area (TPSA) is 160 Å². The van der Waals surface area contributed by atoms with Crippen molar-refractivity contribution in [2.45, 2.75) is 32.9 Å². The summed E-state index contributed by atoms with van der Waals surface area (Å²) in [6, 6.07) is 17.1. The molecule has 0 saturated carbocycles. The van der Waals surface area contributed by atoms with Crippen molar-refractivity contribution >= 4 is 35.7 Å². The van der Waals surface area contributed by atoms with Crippen molar-refractivity contribution in [1.82, 2.24) is 10.3 Å². The van der Waals surface area contributed by atoms with E-state index in [2.05, 4.69) is 15.3 Å².